The molecular formula is C26H40N2O8. The van der Waals surface area contributed by atoms with E-state index >= 15 is 0 Å². The number of amides is 2. The fourth-order valence-corrected chi connectivity index (χ4v) is 5.08. The van der Waals surface area contributed by atoms with Crippen LogP contribution in [0.1, 0.15) is 72.1 Å². The molecule has 4 N–H and O–H groups in total. The second kappa shape index (κ2) is 10.8. The van der Waals surface area contributed by atoms with Gasteiger partial charge in [0.25, 0.3) is 0 Å². The van der Waals surface area contributed by atoms with Gasteiger partial charge in [0.2, 0.25) is 11.8 Å². The summed E-state index contributed by atoms with van der Waals surface area (Å²) in [4.78, 5) is 36.9. The van der Waals surface area contributed by atoms with Crippen molar-refractivity contribution in [2.45, 2.75) is 108 Å². The minimum absolute atomic E-state index is 0.0165. The minimum Gasteiger partial charge on any atom is -0.460 e. The Balaban J connectivity index is 1.21. The van der Waals surface area contributed by atoms with Crippen LogP contribution < -0.4 is 10.6 Å². The van der Waals surface area contributed by atoms with Gasteiger partial charge >= 0.3 is 5.97 Å². The highest BCUT2D eigenvalue weighted by Gasteiger charge is 2.64. The molecule has 0 radical (unpaired) electrons. The Labute approximate surface area is 212 Å². The van der Waals surface area contributed by atoms with Crippen LogP contribution in [0.4, 0.5) is 0 Å². The average Bonchev–Trinajstić information content (AvgIpc) is 3.72. The van der Waals surface area contributed by atoms with Crippen LogP contribution in [0.15, 0.2) is 11.6 Å². The van der Waals surface area contributed by atoms with Gasteiger partial charge in [0.15, 0.2) is 5.79 Å². The molecule has 3 fully saturated rings. The minimum atomic E-state index is -0.821. The molecule has 4 atom stereocenters. The standard InChI is InChI=1S/C26H40N2O8/c1-25(2,3)35-22(32)9-8-18(14-29)28-21(31)10-11-27-24(33)15-12-19(30)23-20(13-15)34-26(36-23,16-4-5-16)17-6-7-17/h13,16-20,23,29-30H,4-12,14H2,1-3H3,(H,27,33)(H,28,31)/t18-,19+,20+,23-/m0/s1. The van der Waals surface area contributed by atoms with Gasteiger partial charge in [0, 0.05) is 43.2 Å². The van der Waals surface area contributed by atoms with Crippen molar-refractivity contribution in [1.29, 1.82) is 0 Å². The lowest BCUT2D eigenvalue weighted by molar-refractivity contribution is -0.209. The second-order valence-corrected chi connectivity index (χ2v) is 11.5. The van der Waals surface area contributed by atoms with E-state index in [-0.39, 0.29) is 50.6 Å². The lowest BCUT2D eigenvalue weighted by atomic mass is 9.92. The van der Waals surface area contributed by atoms with Crippen LogP contribution in [-0.4, -0.2) is 76.9 Å². The Bertz CT molecular complexity index is 862. The summed E-state index contributed by atoms with van der Waals surface area (Å²) < 4.78 is 17.9. The molecule has 36 heavy (non-hydrogen) atoms. The van der Waals surface area contributed by atoms with Crippen molar-refractivity contribution < 1.29 is 38.8 Å². The molecule has 0 aromatic rings. The molecule has 10 heteroatoms. The molecule has 0 bridgehead atoms. The number of aliphatic hydroxyl groups excluding tert-OH is 2. The average molecular weight is 509 g/mol. The summed E-state index contributed by atoms with van der Waals surface area (Å²) in [5, 5.41) is 25.6. The predicted molar refractivity (Wildman–Crippen MR) is 128 cm³/mol. The van der Waals surface area contributed by atoms with Crippen LogP contribution >= 0.6 is 0 Å². The highest BCUT2D eigenvalue weighted by Crippen LogP contribution is 2.59. The van der Waals surface area contributed by atoms with Crippen molar-refractivity contribution >= 4 is 17.8 Å². The van der Waals surface area contributed by atoms with Crippen molar-refractivity contribution in [2.24, 2.45) is 11.8 Å². The summed E-state index contributed by atoms with van der Waals surface area (Å²) in [6.45, 7) is 5.12. The van der Waals surface area contributed by atoms with Crippen molar-refractivity contribution in [2.75, 3.05) is 13.2 Å². The molecule has 1 aliphatic heterocycles. The number of nitrogens with one attached hydrogen (secondary N) is 2. The van der Waals surface area contributed by atoms with E-state index in [1.165, 1.54) is 0 Å². The number of rotatable bonds is 11. The first kappa shape index (κ1) is 27.0. The SMILES string of the molecule is CC(C)(C)OC(=O)CC[C@@H](CO)NC(=O)CCNC(=O)C1=C[C@H]2OC(C3CC3)(C3CC3)O[C@H]2[C@H](O)C1. The van der Waals surface area contributed by atoms with E-state index in [2.05, 4.69) is 10.6 Å². The second-order valence-electron chi connectivity index (χ2n) is 11.5. The highest BCUT2D eigenvalue weighted by molar-refractivity contribution is 5.94. The monoisotopic (exact) mass is 508 g/mol. The largest absolute Gasteiger partial charge is 0.460 e. The Morgan fingerprint density at radius 3 is 2.39 bits per heavy atom. The molecular weight excluding hydrogens is 468 g/mol. The highest BCUT2D eigenvalue weighted by atomic mass is 16.8. The molecule has 1 saturated heterocycles. The summed E-state index contributed by atoms with van der Waals surface area (Å²) in [5.74, 6) is -0.942. The smallest absolute Gasteiger partial charge is 0.306 e. The van der Waals surface area contributed by atoms with E-state index in [1.54, 1.807) is 26.8 Å². The van der Waals surface area contributed by atoms with E-state index in [0.717, 1.165) is 25.7 Å². The quantitative estimate of drug-likeness (QED) is 0.304. The molecule has 0 aromatic carbocycles. The van der Waals surface area contributed by atoms with Crippen LogP contribution in [0, 0.1) is 11.8 Å². The summed E-state index contributed by atoms with van der Waals surface area (Å²) in [5.41, 5.74) is -0.160. The Hall–Kier alpha value is -2.01. The van der Waals surface area contributed by atoms with Gasteiger partial charge < -0.3 is 35.1 Å². The third-order valence-electron chi connectivity index (χ3n) is 7.06. The van der Waals surface area contributed by atoms with E-state index in [0.29, 0.717) is 17.4 Å². The number of ether oxygens (including phenoxy) is 3. The van der Waals surface area contributed by atoms with Crippen LogP contribution in [-0.2, 0) is 28.6 Å². The van der Waals surface area contributed by atoms with Gasteiger partial charge in [-0.1, -0.05) is 0 Å². The molecule has 0 unspecified atom stereocenters. The molecule has 4 rings (SSSR count). The predicted octanol–water partition coefficient (Wildman–Crippen LogP) is 1.08. The number of aliphatic hydroxyl groups is 2. The maximum atomic E-state index is 12.7. The fraction of sp³-hybridized carbons (Fsp3) is 0.808. The Morgan fingerprint density at radius 1 is 1.14 bits per heavy atom. The molecule has 4 aliphatic rings. The van der Waals surface area contributed by atoms with Crippen molar-refractivity contribution in [3.63, 3.8) is 0 Å². The molecule has 3 aliphatic carbocycles. The van der Waals surface area contributed by atoms with Crippen molar-refractivity contribution in [3.8, 4) is 0 Å². The number of esters is 1. The number of carbonyl (C=O) groups excluding carboxylic acids is 3. The van der Waals surface area contributed by atoms with Crippen LogP contribution in [0.5, 0.6) is 0 Å². The third-order valence-corrected chi connectivity index (χ3v) is 7.06. The number of hydrogen-bond donors (Lipinski definition) is 4. The molecule has 10 nitrogen and oxygen atoms in total. The van der Waals surface area contributed by atoms with Crippen molar-refractivity contribution in [1.82, 2.24) is 10.6 Å². The summed E-state index contributed by atoms with van der Waals surface area (Å²) in [6, 6.07) is -0.577. The zero-order valence-corrected chi connectivity index (χ0v) is 21.5. The maximum absolute atomic E-state index is 12.7. The number of carbonyl (C=O) groups is 3. The Kier molecular flexibility index (Phi) is 8.09. The fourth-order valence-electron chi connectivity index (χ4n) is 5.08. The number of fused-ring (bicyclic) bond motifs is 1. The first-order valence-electron chi connectivity index (χ1n) is 13.2. The maximum Gasteiger partial charge on any atom is 0.306 e. The van der Waals surface area contributed by atoms with Gasteiger partial charge in [-0.15, -0.1) is 0 Å². The van der Waals surface area contributed by atoms with E-state index in [4.69, 9.17) is 14.2 Å². The molecule has 0 aromatic heterocycles. The molecule has 202 valence electrons. The first-order valence-corrected chi connectivity index (χ1v) is 13.2. The van der Waals surface area contributed by atoms with Crippen LogP contribution in [0.25, 0.3) is 0 Å². The van der Waals surface area contributed by atoms with Gasteiger partial charge in [0.05, 0.1) is 18.8 Å². The lowest BCUT2D eigenvalue weighted by Crippen LogP contribution is -2.42. The van der Waals surface area contributed by atoms with Crippen LogP contribution in [0.2, 0.25) is 0 Å². The summed E-state index contributed by atoms with van der Waals surface area (Å²) >= 11 is 0. The van der Waals surface area contributed by atoms with Crippen LogP contribution in [0.3, 0.4) is 0 Å². The first-order chi connectivity index (χ1) is 17.0. The van der Waals surface area contributed by atoms with E-state index < -0.39 is 41.7 Å². The van der Waals surface area contributed by atoms with Gasteiger partial charge in [-0.2, -0.15) is 0 Å². The van der Waals surface area contributed by atoms with E-state index in [1.807, 2.05) is 0 Å². The normalized spacial score (nSPS) is 28.0. The number of hydrogen-bond acceptors (Lipinski definition) is 8. The molecule has 0 spiro atoms. The topological polar surface area (TPSA) is 143 Å². The van der Waals surface area contributed by atoms with Gasteiger partial charge in [-0.05, 0) is 59.0 Å². The molecule has 2 amide bonds. The third kappa shape index (κ3) is 6.65. The van der Waals surface area contributed by atoms with Gasteiger partial charge in [-0.25, -0.2) is 0 Å². The van der Waals surface area contributed by atoms with E-state index in [9.17, 15) is 24.6 Å². The molecule has 2 saturated carbocycles. The zero-order chi connectivity index (χ0) is 26.1. The molecule has 1 heterocycles. The lowest BCUT2D eigenvalue weighted by Gasteiger charge is -2.29. The Morgan fingerprint density at radius 2 is 1.81 bits per heavy atom. The summed E-state index contributed by atoms with van der Waals surface area (Å²) in [6.07, 6.45) is 4.84. The van der Waals surface area contributed by atoms with Crippen molar-refractivity contribution in [3.05, 3.63) is 11.6 Å². The van der Waals surface area contributed by atoms with Gasteiger partial charge in [-0.3, -0.25) is 14.4 Å². The zero-order valence-electron chi connectivity index (χ0n) is 21.5. The van der Waals surface area contributed by atoms with Gasteiger partial charge in [0.1, 0.15) is 17.8 Å². The summed E-state index contributed by atoms with van der Waals surface area (Å²) in [7, 11) is 0.